The van der Waals surface area contributed by atoms with Gasteiger partial charge in [0, 0.05) is 40.4 Å². The third kappa shape index (κ3) is 3.23. The number of pyridine rings is 1. The van der Waals surface area contributed by atoms with Gasteiger partial charge in [-0.15, -0.1) is 0 Å². The molecule has 0 radical (unpaired) electrons. The molecule has 2 atom stereocenters. The van der Waals surface area contributed by atoms with E-state index in [0.717, 1.165) is 51.7 Å². The van der Waals surface area contributed by atoms with E-state index in [1.165, 1.54) is 0 Å². The van der Waals surface area contributed by atoms with Crippen LogP contribution >= 0.6 is 0 Å². The largest absolute Gasteiger partial charge is 0.497 e. The number of methoxy groups -OCH3 is 1. The minimum Gasteiger partial charge on any atom is -0.497 e. The van der Waals surface area contributed by atoms with Gasteiger partial charge in [-0.05, 0) is 48.7 Å². The van der Waals surface area contributed by atoms with E-state index in [0.29, 0.717) is 5.92 Å². The molecule has 0 amide bonds. The van der Waals surface area contributed by atoms with Crippen molar-refractivity contribution in [3.05, 3.63) is 61.1 Å². The second-order valence-corrected chi connectivity index (χ2v) is 11.5. The second-order valence-electron chi connectivity index (χ2n) is 8.19. The summed E-state index contributed by atoms with van der Waals surface area (Å²) in [7, 11) is -0.797. The molecule has 7 heteroatoms. The number of hydrogen-bond acceptors (Lipinski definition) is 4. The molecule has 0 aliphatic carbocycles. The molecule has 4 heterocycles. The number of benzene rings is 1. The minimum absolute atomic E-state index is 0.183. The molecule has 0 unspecified atom stereocenters. The van der Waals surface area contributed by atoms with Crippen LogP contribution in [0.4, 0.5) is 0 Å². The summed E-state index contributed by atoms with van der Waals surface area (Å²) in [4.78, 5) is 5.72. The zero-order valence-corrected chi connectivity index (χ0v) is 18.0. The molecule has 0 bridgehead atoms. The van der Waals surface area contributed by atoms with Crippen molar-refractivity contribution in [2.45, 2.75) is 30.0 Å². The summed E-state index contributed by atoms with van der Waals surface area (Å²) in [6.45, 7) is 2.99. The number of H-pyrrole nitrogens is 1. The average Bonchev–Trinajstić information content (AvgIpc) is 3.49. The van der Waals surface area contributed by atoms with Crippen LogP contribution in [-0.2, 0) is 16.5 Å². The highest BCUT2D eigenvalue weighted by atomic mass is 32.2. The van der Waals surface area contributed by atoms with Crippen LogP contribution in [0.25, 0.3) is 22.3 Å². The summed E-state index contributed by atoms with van der Waals surface area (Å²) in [6.07, 6.45) is 6.69. The van der Waals surface area contributed by atoms with Gasteiger partial charge in [0.15, 0.2) is 0 Å². The number of rotatable bonds is 5. The molecule has 4 aromatic rings. The van der Waals surface area contributed by atoms with Crippen LogP contribution in [0, 0.1) is 5.92 Å². The van der Waals surface area contributed by atoms with E-state index in [1.54, 1.807) is 13.3 Å². The van der Waals surface area contributed by atoms with Crippen molar-refractivity contribution in [1.82, 2.24) is 19.7 Å². The molecule has 0 saturated carbocycles. The summed E-state index contributed by atoms with van der Waals surface area (Å²) < 4.78 is 21.5. The van der Waals surface area contributed by atoms with E-state index in [-0.39, 0.29) is 5.25 Å². The Balaban J connectivity index is 1.39. The van der Waals surface area contributed by atoms with Crippen molar-refractivity contribution in [1.29, 1.82) is 0 Å². The number of fused-ring (bicyclic) bond motifs is 1. The van der Waals surface area contributed by atoms with Crippen molar-refractivity contribution in [2.75, 3.05) is 12.9 Å². The average molecular weight is 423 g/mol. The molecule has 3 aromatic heterocycles. The van der Waals surface area contributed by atoms with E-state index in [1.807, 2.05) is 36.5 Å². The molecule has 1 N–H and O–H groups in total. The maximum atomic E-state index is 13.9. The fraction of sp³-hybridized carbons (Fsp3) is 0.304. The highest BCUT2D eigenvalue weighted by Gasteiger charge is 2.37. The van der Waals surface area contributed by atoms with Crippen molar-refractivity contribution in [3.63, 3.8) is 0 Å². The van der Waals surface area contributed by atoms with Gasteiger partial charge in [-0.1, -0.05) is 22.9 Å². The normalized spacial score (nSPS) is 21.7. The summed E-state index contributed by atoms with van der Waals surface area (Å²) >= 11 is 0. The Morgan fingerprint density at radius 1 is 1.27 bits per heavy atom. The van der Waals surface area contributed by atoms with Gasteiger partial charge in [0.25, 0.3) is 0 Å². The minimum atomic E-state index is -2.45. The summed E-state index contributed by atoms with van der Waals surface area (Å²) in [5, 5.41) is 7.02. The lowest BCUT2D eigenvalue weighted by molar-refractivity contribution is 0.413. The number of thiol groups is 1. The van der Waals surface area contributed by atoms with Gasteiger partial charge in [0.2, 0.25) is 0 Å². The standard InChI is InChI=1S/C23H26N4O2S/c1-16-10-17(15-30(16,28)20-5-3-4-19(11-20)29-2)14-27-9-8-22-23(27)7-6-21(26-22)18-12-24-25-13-18/h3-9,11-13,16-17,30H,10,14-15H2,1-2H3,(H,24,25)/t16-,17+/m0/s1. The Hall–Kier alpha value is -2.93. The summed E-state index contributed by atoms with van der Waals surface area (Å²) in [5.41, 5.74) is 3.97. The molecular formula is C23H26N4O2S. The molecule has 1 aliphatic rings. The molecule has 1 aliphatic heterocycles. The molecule has 5 rings (SSSR count). The monoisotopic (exact) mass is 422 g/mol. The Morgan fingerprint density at radius 2 is 2.17 bits per heavy atom. The first-order valence-electron chi connectivity index (χ1n) is 10.3. The van der Waals surface area contributed by atoms with Crippen molar-refractivity contribution < 1.29 is 8.95 Å². The fourth-order valence-electron chi connectivity index (χ4n) is 4.69. The summed E-state index contributed by atoms with van der Waals surface area (Å²) in [5.74, 6) is 1.89. The predicted octanol–water partition coefficient (Wildman–Crippen LogP) is 3.92. The summed E-state index contributed by atoms with van der Waals surface area (Å²) in [6, 6.07) is 14.0. The molecular weight excluding hydrogens is 396 g/mol. The Labute approximate surface area is 176 Å². The maximum Gasteiger partial charge on any atom is 0.119 e. The Kier molecular flexibility index (Phi) is 4.70. The first-order valence-corrected chi connectivity index (χ1v) is 12.2. The van der Waals surface area contributed by atoms with Crippen LogP contribution in [0.2, 0.25) is 0 Å². The highest BCUT2D eigenvalue weighted by Crippen LogP contribution is 2.39. The molecule has 6 nitrogen and oxygen atoms in total. The van der Waals surface area contributed by atoms with E-state index >= 15 is 0 Å². The van der Waals surface area contributed by atoms with Crippen LogP contribution in [-0.4, -0.2) is 42.1 Å². The maximum absolute atomic E-state index is 13.9. The topological polar surface area (TPSA) is 72.8 Å². The number of hydrogen-bond donors (Lipinski definition) is 2. The Bertz CT molecular complexity index is 1230. The van der Waals surface area contributed by atoms with Gasteiger partial charge in [-0.25, -0.2) is 4.98 Å². The fourth-order valence-corrected chi connectivity index (χ4v) is 8.13. The first-order chi connectivity index (χ1) is 14.6. The Morgan fingerprint density at radius 3 is 2.97 bits per heavy atom. The lowest BCUT2D eigenvalue weighted by Gasteiger charge is -2.24. The number of aromatic nitrogens is 4. The van der Waals surface area contributed by atoms with Gasteiger partial charge in [0.1, 0.15) is 5.75 Å². The zero-order chi connectivity index (χ0) is 20.7. The molecule has 156 valence electrons. The van der Waals surface area contributed by atoms with Crippen LogP contribution in [0.15, 0.2) is 66.0 Å². The third-order valence-corrected chi connectivity index (χ3v) is 10.1. The van der Waals surface area contributed by atoms with Crippen molar-refractivity contribution in [2.24, 2.45) is 5.92 Å². The van der Waals surface area contributed by atoms with Crippen molar-refractivity contribution in [3.8, 4) is 17.0 Å². The van der Waals surface area contributed by atoms with Gasteiger partial charge in [0.05, 0.1) is 30.0 Å². The molecule has 1 aromatic carbocycles. The van der Waals surface area contributed by atoms with Crippen molar-refractivity contribution >= 4 is 21.0 Å². The quantitative estimate of drug-likeness (QED) is 0.478. The number of nitrogens with one attached hydrogen (secondary N) is 1. The second kappa shape index (κ2) is 7.40. The van der Waals surface area contributed by atoms with Gasteiger partial charge in [-0.3, -0.25) is 9.31 Å². The zero-order valence-electron chi connectivity index (χ0n) is 17.2. The van der Waals surface area contributed by atoms with Gasteiger partial charge in [-0.2, -0.15) is 5.10 Å². The molecule has 1 fully saturated rings. The van der Waals surface area contributed by atoms with E-state index in [9.17, 15) is 4.21 Å². The predicted molar refractivity (Wildman–Crippen MR) is 121 cm³/mol. The van der Waals surface area contributed by atoms with E-state index in [2.05, 4.69) is 40.0 Å². The van der Waals surface area contributed by atoms with E-state index < -0.39 is 9.93 Å². The van der Waals surface area contributed by atoms with Gasteiger partial charge < -0.3 is 9.30 Å². The molecule has 30 heavy (non-hydrogen) atoms. The first kappa shape index (κ1) is 19.1. The van der Waals surface area contributed by atoms with Crippen LogP contribution in [0.5, 0.6) is 5.75 Å². The smallest absolute Gasteiger partial charge is 0.119 e. The SMILES string of the molecule is COc1cccc([SH]2(=O)C[C@@H](Cn3ccc4nc(-c5cn[nH]c5)ccc43)C[C@@H]2C)c1. The molecule has 1 saturated heterocycles. The van der Waals surface area contributed by atoms with E-state index in [4.69, 9.17) is 9.72 Å². The van der Waals surface area contributed by atoms with Crippen LogP contribution < -0.4 is 4.74 Å². The number of ether oxygens (including phenoxy) is 1. The van der Waals surface area contributed by atoms with Crippen LogP contribution in [0.3, 0.4) is 0 Å². The van der Waals surface area contributed by atoms with Crippen LogP contribution in [0.1, 0.15) is 13.3 Å². The lowest BCUT2D eigenvalue weighted by Crippen LogP contribution is -2.23. The number of nitrogens with zero attached hydrogens (tertiary/aromatic N) is 3. The highest BCUT2D eigenvalue weighted by molar-refractivity contribution is 8.03. The molecule has 0 spiro atoms. The third-order valence-electron chi connectivity index (χ3n) is 6.28. The number of aromatic amines is 1. The van der Waals surface area contributed by atoms with Gasteiger partial charge >= 0.3 is 0 Å². The lowest BCUT2D eigenvalue weighted by atomic mass is 10.1.